The highest BCUT2D eigenvalue weighted by atomic mass is 16.7. The Morgan fingerprint density at radius 1 is 1.03 bits per heavy atom. The van der Waals surface area contributed by atoms with Crippen LogP contribution in [0.25, 0.3) is 11.4 Å². The zero-order valence-corrected chi connectivity index (χ0v) is 21.5. The Morgan fingerprint density at radius 3 is 2.66 bits per heavy atom. The third-order valence-corrected chi connectivity index (χ3v) is 6.93. The molecule has 0 radical (unpaired) electrons. The Labute approximate surface area is 220 Å². The van der Waals surface area contributed by atoms with Gasteiger partial charge in [-0.2, -0.15) is 4.98 Å². The largest absolute Gasteiger partial charge is 0.495 e. The van der Waals surface area contributed by atoms with Crippen molar-refractivity contribution in [1.82, 2.24) is 14.8 Å². The summed E-state index contributed by atoms with van der Waals surface area (Å²) in [6, 6.07) is 18.5. The Balaban J connectivity index is 1.46. The molecule has 2 aliphatic rings. The number of methoxy groups -OCH3 is 1. The van der Waals surface area contributed by atoms with Crippen LogP contribution in [0.15, 0.2) is 71.9 Å². The van der Waals surface area contributed by atoms with Crippen molar-refractivity contribution < 1.29 is 19.0 Å². The predicted octanol–water partition coefficient (Wildman–Crippen LogP) is 5.23. The van der Waals surface area contributed by atoms with Gasteiger partial charge in [0.15, 0.2) is 17.3 Å². The van der Waals surface area contributed by atoms with E-state index < -0.39 is 6.04 Å². The van der Waals surface area contributed by atoms with Crippen molar-refractivity contribution in [2.75, 3.05) is 24.5 Å². The smallest absolute Gasteiger partial charge is 0.255 e. The first-order valence-corrected chi connectivity index (χ1v) is 12.3. The standard InChI is InChI=1S/C29H27N5O4/c1-16-9-10-20(13-17(16)2)27-32-29-30-18(3)25(28(35)31-21-7-5-6-8-22(21)36-4)26(34(29)33-27)19-11-12-23-24(14-19)38-15-37-23/h5-14,26H,15H2,1-4H3,(H,31,35)(H,30,32,33). The molecule has 6 rings (SSSR count). The normalized spacial score (nSPS) is 15.6. The fourth-order valence-electron chi connectivity index (χ4n) is 4.78. The minimum Gasteiger partial charge on any atom is -0.495 e. The van der Waals surface area contributed by atoms with Gasteiger partial charge in [0, 0.05) is 11.3 Å². The first-order valence-electron chi connectivity index (χ1n) is 12.3. The Kier molecular flexibility index (Phi) is 5.75. The van der Waals surface area contributed by atoms with Crippen LogP contribution in [-0.2, 0) is 4.79 Å². The van der Waals surface area contributed by atoms with E-state index in [9.17, 15) is 4.79 Å². The summed E-state index contributed by atoms with van der Waals surface area (Å²) >= 11 is 0. The maximum atomic E-state index is 13.9. The number of nitrogens with zero attached hydrogens (tertiary/aromatic N) is 3. The number of allylic oxidation sites excluding steroid dienone is 1. The molecule has 0 aliphatic carbocycles. The number of rotatable bonds is 5. The van der Waals surface area contributed by atoms with Crippen LogP contribution < -0.4 is 24.8 Å². The lowest BCUT2D eigenvalue weighted by Gasteiger charge is -2.29. The van der Waals surface area contributed by atoms with Crippen LogP contribution >= 0.6 is 0 Å². The van der Waals surface area contributed by atoms with Gasteiger partial charge in [-0.3, -0.25) is 4.79 Å². The number of aromatic nitrogens is 3. The van der Waals surface area contributed by atoms with E-state index in [-0.39, 0.29) is 12.7 Å². The minimum atomic E-state index is -0.566. The maximum absolute atomic E-state index is 13.9. The SMILES string of the molecule is COc1ccccc1NC(=O)C1=C(C)Nc2nc(-c3ccc(C)c(C)c3)nn2C1c1ccc2c(c1)OCO2. The van der Waals surface area contributed by atoms with E-state index in [4.69, 9.17) is 24.3 Å². The Hall–Kier alpha value is -4.79. The second kappa shape index (κ2) is 9.26. The molecule has 9 nitrogen and oxygen atoms in total. The van der Waals surface area contributed by atoms with Gasteiger partial charge in [0.05, 0.1) is 18.4 Å². The van der Waals surface area contributed by atoms with Gasteiger partial charge < -0.3 is 24.8 Å². The van der Waals surface area contributed by atoms with Gasteiger partial charge in [-0.25, -0.2) is 4.68 Å². The number of anilines is 2. The van der Waals surface area contributed by atoms with Crippen molar-refractivity contribution in [2.24, 2.45) is 0 Å². The molecule has 0 saturated carbocycles. The highest BCUT2D eigenvalue weighted by molar-refractivity contribution is 6.06. The van der Waals surface area contributed by atoms with Crippen LogP contribution in [0.1, 0.15) is 29.7 Å². The molecule has 4 aromatic rings. The maximum Gasteiger partial charge on any atom is 0.255 e. The van der Waals surface area contributed by atoms with Crippen LogP contribution in [0.2, 0.25) is 0 Å². The number of amides is 1. The second-order valence-electron chi connectivity index (χ2n) is 9.34. The number of hydrogen-bond donors (Lipinski definition) is 2. The lowest BCUT2D eigenvalue weighted by atomic mass is 9.94. The van der Waals surface area contributed by atoms with Crippen molar-refractivity contribution in [2.45, 2.75) is 26.8 Å². The molecule has 9 heteroatoms. The molecule has 3 aromatic carbocycles. The molecule has 38 heavy (non-hydrogen) atoms. The number of ether oxygens (including phenoxy) is 3. The summed E-state index contributed by atoms with van der Waals surface area (Å²) in [5.41, 5.74) is 5.82. The molecule has 1 unspecified atom stereocenters. The third-order valence-electron chi connectivity index (χ3n) is 6.93. The summed E-state index contributed by atoms with van der Waals surface area (Å²) in [6.45, 7) is 6.16. The third kappa shape index (κ3) is 4.02. The lowest BCUT2D eigenvalue weighted by Crippen LogP contribution is -2.31. The van der Waals surface area contributed by atoms with Crippen molar-refractivity contribution in [3.8, 4) is 28.6 Å². The van der Waals surface area contributed by atoms with Crippen LogP contribution in [0, 0.1) is 13.8 Å². The summed E-state index contributed by atoms with van der Waals surface area (Å²) in [5, 5.41) is 11.2. The van der Waals surface area contributed by atoms with Crippen LogP contribution in [-0.4, -0.2) is 34.6 Å². The molecule has 192 valence electrons. The first-order chi connectivity index (χ1) is 18.4. The number of aryl methyl sites for hydroxylation is 2. The molecule has 0 bridgehead atoms. The molecular weight excluding hydrogens is 482 g/mol. The summed E-state index contributed by atoms with van der Waals surface area (Å²) in [6.07, 6.45) is 0. The molecule has 2 aliphatic heterocycles. The number of nitrogens with one attached hydrogen (secondary N) is 2. The van der Waals surface area contributed by atoms with E-state index in [1.807, 2.05) is 43.3 Å². The van der Waals surface area contributed by atoms with E-state index in [1.54, 1.807) is 23.9 Å². The zero-order chi connectivity index (χ0) is 26.4. The Morgan fingerprint density at radius 2 is 1.84 bits per heavy atom. The molecular formula is C29H27N5O4. The van der Waals surface area contributed by atoms with Gasteiger partial charge in [0.2, 0.25) is 12.7 Å². The van der Waals surface area contributed by atoms with Gasteiger partial charge >= 0.3 is 0 Å². The average Bonchev–Trinajstić information content (AvgIpc) is 3.56. The van der Waals surface area contributed by atoms with Crippen LogP contribution in [0.4, 0.5) is 11.6 Å². The number of hydrogen-bond acceptors (Lipinski definition) is 7. The molecule has 1 aromatic heterocycles. The second-order valence-corrected chi connectivity index (χ2v) is 9.34. The van der Waals surface area contributed by atoms with Gasteiger partial charge in [0.1, 0.15) is 11.8 Å². The highest BCUT2D eigenvalue weighted by Gasteiger charge is 2.35. The molecule has 0 fully saturated rings. The first kappa shape index (κ1) is 23.6. The minimum absolute atomic E-state index is 0.159. The predicted molar refractivity (Wildman–Crippen MR) is 144 cm³/mol. The lowest BCUT2D eigenvalue weighted by molar-refractivity contribution is -0.113. The average molecular weight is 510 g/mol. The summed E-state index contributed by atoms with van der Waals surface area (Å²) in [5.74, 6) is 2.70. The molecule has 2 N–H and O–H groups in total. The summed E-state index contributed by atoms with van der Waals surface area (Å²) in [7, 11) is 1.57. The van der Waals surface area contributed by atoms with E-state index in [2.05, 4.69) is 36.6 Å². The quantitative estimate of drug-likeness (QED) is 0.380. The number of carbonyl (C=O) groups excluding carboxylic acids is 1. The van der Waals surface area contributed by atoms with E-state index in [1.165, 1.54) is 5.56 Å². The van der Waals surface area contributed by atoms with Crippen LogP contribution in [0.5, 0.6) is 17.2 Å². The summed E-state index contributed by atoms with van der Waals surface area (Å²) in [4.78, 5) is 18.6. The van der Waals surface area contributed by atoms with Crippen molar-refractivity contribution >= 4 is 17.5 Å². The molecule has 0 spiro atoms. The van der Waals surface area contributed by atoms with Crippen molar-refractivity contribution in [1.29, 1.82) is 0 Å². The van der Waals surface area contributed by atoms with Gasteiger partial charge in [-0.15, -0.1) is 5.10 Å². The number of carbonyl (C=O) groups is 1. The van der Waals surface area contributed by atoms with E-state index in [0.29, 0.717) is 46.0 Å². The fraction of sp³-hybridized carbons (Fsp3) is 0.207. The van der Waals surface area contributed by atoms with Gasteiger partial charge in [-0.05, 0) is 67.8 Å². The fourth-order valence-corrected chi connectivity index (χ4v) is 4.78. The topological polar surface area (TPSA) is 99.5 Å². The van der Waals surface area contributed by atoms with Crippen molar-refractivity contribution in [3.05, 3.63) is 88.6 Å². The molecule has 3 heterocycles. The molecule has 0 saturated heterocycles. The monoisotopic (exact) mass is 509 g/mol. The number of benzene rings is 3. The molecule has 1 atom stereocenters. The molecule has 1 amide bonds. The number of fused-ring (bicyclic) bond motifs is 2. The summed E-state index contributed by atoms with van der Waals surface area (Å²) < 4.78 is 18.4. The van der Waals surface area contributed by atoms with Crippen LogP contribution in [0.3, 0.4) is 0 Å². The van der Waals surface area contributed by atoms with E-state index >= 15 is 0 Å². The Bertz CT molecular complexity index is 1610. The zero-order valence-electron chi connectivity index (χ0n) is 21.5. The van der Waals surface area contributed by atoms with Crippen molar-refractivity contribution in [3.63, 3.8) is 0 Å². The van der Waals surface area contributed by atoms with Gasteiger partial charge in [-0.1, -0.05) is 30.3 Å². The highest BCUT2D eigenvalue weighted by Crippen LogP contribution is 2.41. The van der Waals surface area contributed by atoms with Gasteiger partial charge in [0.25, 0.3) is 5.91 Å². The van der Waals surface area contributed by atoms with E-state index in [0.717, 1.165) is 16.7 Å². The number of para-hydroxylation sites is 2.